The van der Waals surface area contributed by atoms with Gasteiger partial charge in [-0.05, 0) is 36.9 Å². The Hall–Kier alpha value is -2.04. The van der Waals surface area contributed by atoms with Crippen molar-refractivity contribution in [3.63, 3.8) is 0 Å². The molecular weight excluding hydrogens is 300 g/mol. The SMILES string of the molecule is COc1ccc(CN(C)CC(=O)Nc2ccccc2Cl)cc1. The van der Waals surface area contributed by atoms with Gasteiger partial charge in [0.15, 0.2) is 0 Å². The van der Waals surface area contributed by atoms with Crippen LogP contribution in [0.1, 0.15) is 5.56 Å². The van der Waals surface area contributed by atoms with E-state index in [1.54, 1.807) is 19.2 Å². The van der Waals surface area contributed by atoms with E-state index in [1.807, 2.05) is 48.3 Å². The molecule has 2 aromatic rings. The molecule has 5 heteroatoms. The van der Waals surface area contributed by atoms with Crippen molar-refractivity contribution in [2.45, 2.75) is 6.54 Å². The van der Waals surface area contributed by atoms with Crippen LogP contribution in [-0.4, -0.2) is 31.5 Å². The van der Waals surface area contributed by atoms with Crippen LogP contribution in [0.4, 0.5) is 5.69 Å². The predicted molar refractivity (Wildman–Crippen MR) is 89.4 cm³/mol. The fraction of sp³-hybridized carbons (Fsp3) is 0.235. The average molecular weight is 319 g/mol. The number of carbonyl (C=O) groups excluding carboxylic acids is 1. The zero-order valence-corrected chi connectivity index (χ0v) is 13.4. The summed E-state index contributed by atoms with van der Waals surface area (Å²) < 4.78 is 5.13. The predicted octanol–water partition coefficient (Wildman–Crippen LogP) is 3.42. The molecule has 0 unspecified atom stereocenters. The fourth-order valence-corrected chi connectivity index (χ4v) is 2.28. The van der Waals surface area contributed by atoms with Crippen molar-refractivity contribution in [2.24, 2.45) is 0 Å². The van der Waals surface area contributed by atoms with Crippen molar-refractivity contribution >= 4 is 23.2 Å². The molecule has 116 valence electrons. The lowest BCUT2D eigenvalue weighted by Crippen LogP contribution is -2.29. The smallest absolute Gasteiger partial charge is 0.238 e. The minimum absolute atomic E-state index is 0.0934. The molecule has 22 heavy (non-hydrogen) atoms. The topological polar surface area (TPSA) is 41.6 Å². The maximum atomic E-state index is 12.0. The van der Waals surface area contributed by atoms with Crippen LogP contribution in [0.25, 0.3) is 0 Å². The quantitative estimate of drug-likeness (QED) is 0.887. The number of hydrogen-bond donors (Lipinski definition) is 1. The summed E-state index contributed by atoms with van der Waals surface area (Å²) in [7, 11) is 3.54. The summed E-state index contributed by atoms with van der Waals surface area (Å²) in [6.07, 6.45) is 0. The van der Waals surface area contributed by atoms with Gasteiger partial charge in [-0.25, -0.2) is 0 Å². The van der Waals surface area contributed by atoms with E-state index in [4.69, 9.17) is 16.3 Å². The summed E-state index contributed by atoms with van der Waals surface area (Å²) in [6, 6.07) is 15.0. The molecule has 1 amide bonds. The molecule has 0 aliphatic carbocycles. The highest BCUT2D eigenvalue weighted by atomic mass is 35.5. The van der Waals surface area contributed by atoms with Gasteiger partial charge >= 0.3 is 0 Å². The van der Waals surface area contributed by atoms with Crippen LogP contribution in [0, 0.1) is 0 Å². The monoisotopic (exact) mass is 318 g/mol. The number of methoxy groups -OCH3 is 1. The van der Waals surface area contributed by atoms with Crippen LogP contribution in [0.15, 0.2) is 48.5 Å². The van der Waals surface area contributed by atoms with Gasteiger partial charge in [-0.1, -0.05) is 35.9 Å². The molecule has 2 aromatic carbocycles. The number of nitrogens with zero attached hydrogens (tertiary/aromatic N) is 1. The molecule has 4 nitrogen and oxygen atoms in total. The minimum Gasteiger partial charge on any atom is -0.497 e. The summed E-state index contributed by atoms with van der Waals surface area (Å²) in [5, 5.41) is 3.35. The summed E-state index contributed by atoms with van der Waals surface area (Å²) >= 11 is 6.02. The highest BCUT2D eigenvalue weighted by Gasteiger charge is 2.09. The molecule has 0 radical (unpaired) electrons. The maximum absolute atomic E-state index is 12.0. The minimum atomic E-state index is -0.0934. The largest absolute Gasteiger partial charge is 0.497 e. The van der Waals surface area contributed by atoms with Gasteiger partial charge in [0.25, 0.3) is 0 Å². The first-order valence-corrected chi connectivity index (χ1v) is 7.32. The van der Waals surface area contributed by atoms with Gasteiger partial charge < -0.3 is 10.1 Å². The number of anilines is 1. The molecule has 0 spiro atoms. The number of ether oxygens (including phenoxy) is 1. The number of amides is 1. The Balaban J connectivity index is 1.87. The number of nitrogens with one attached hydrogen (secondary N) is 1. The lowest BCUT2D eigenvalue weighted by molar-refractivity contribution is -0.117. The average Bonchev–Trinajstić information content (AvgIpc) is 2.50. The maximum Gasteiger partial charge on any atom is 0.238 e. The standard InChI is InChI=1S/C17H19ClN2O2/c1-20(11-13-7-9-14(22-2)10-8-13)12-17(21)19-16-6-4-3-5-15(16)18/h3-10H,11-12H2,1-2H3,(H,19,21). The third-order valence-electron chi connectivity index (χ3n) is 3.17. The normalized spacial score (nSPS) is 10.5. The van der Waals surface area contributed by atoms with E-state index in [0.717, 1.165) is 11.3 Å². The first kappa shape index (κ1) is 16.3. The van der Waals surface area contributed by atoms with E-state index in [-0.39, 0.29) is 12.5 Å². The Labute approximate surface area is 135 Å². The molecule has 2 rings (SSSR count). The Bertz CT molecular complexity index is 629. The van der Waals surface area contributed by atoms with Crippen LogP contribution in [0.3, 0.4) is 0 Å². The molecule has 0 atom stereocenters. The van der Waals surface area contributed by atoms with Gasteiger partial charge in [-0.15, -0.1) is 0 Å². The number of likely N-dealkylation sites (N-methyl/N-ethyl adjacent to an activating group) is 1. The van der Waals surface area contributed by atoms with Crippen molar-refractivity contribution in [1.29, 1.82) is 0 Å². The summed E-state index contributed by atoms with van der Waals surface area (Å²) in [5.41, 5.74) is 1.75. The van der Waals surface area contributed by atoms with Crippen LogP contribution < -0.4 is 10.1 Å². The van der Waals surface area contributed by atoms with Crippen LogP contribution in [0.5, 0.6) is 5.75 Å². The van der Waals surface area contributed by atoms with Crippen LogP contribution in [-0.2, 0) is 11.3 Å². The zero-order valence-electron chi connectivity index (χ0n) is 12.7. The van der Waals surface area contributed by atoms with E-state index in [0.29, 0.717) is 17.3 Å². The lowest BCUT2D eigenvalue weighted by atomic mass is 10.2. The number of benzene rings is 2. The summed E-state index contributed by atoms with van der Waals surface area (Å²) in [6.45, 7) is 0.969. The van der Waals surface area contributed by atoms with Crippen LogP contribution >= 0.6 is 11.6 Å². The van der Waals surface area contributed by atoms with E-state index >= 15 is 0 Å². The molecular formula is C17H19ClN2O2. The second-order valence-electron chi connectivity index (χ2n) is 5.05. The van der Waals surface area contributed by atoms with E-state index in [1.165, 1.54) is 0 Å². The lowest BCUT2D eigenvalue weighted by Gasteiger charge is -2.17. The van der Waals surface area contributed by atoms with Crippen LogP contribution in [0.2, 0.25) is 5.02 Å². The first-order valence-electron chi connectivity index (χ1n) is 6.94. The molecule has 0 bridgehead atoms. The molecule has 0 fully saturated rings. The third kappa shape index (κ3) is 4.76. The van der Waals surface area contributed by atoms with Crippen molar-refractivity contribution in [3.8, 4) is 5.75 Å². The first-order chi connectivity index (χ1) is 10.6. The number of halogens is 1. The zero-order chi connectivity index (χ0) is 15.9. The van der Waals surface area contributed by atoms with Gasteiger partial charge in [-0.3, -0.25) is 9.69 Å². The number of rotatable bonds is 6. The Morgan fingerprint density at radius 2 is 1.86 bits per heavy atom. The molecule has 0 saturated heterocycles. The van der Waals surface area contributed by atoms with Gasteiger partial charge in [0.05, 0.1) is 24.4 Å². The highest BCUT2D eigenvalue weighted by Crippen LogP contribution is 2.20. The second-order valence-corrected chi connectivity index (χ2v) is 5.46. The molecule has 0 aromatic heterocycles. The van der Waals surface area contributed by atoms with E-state index in [2.05, 4.69) is 5.32 Å². The fourth-order valence-electron chi connectivity index (χ4n) is 2.10. The van der Waals surface area contributed by atoms with E-state index < -0.39 is 0 Å². The number of para-hydroxylation sites is 1. The number of carbonyl (C=O) groups is 1. The van der Waals surface area contributed by atoms with Crippen molar-refractivity contribution < 1.29 is 9.53 Å². The van der Waals surface area contributed by atoms with Gasteiger partial charge in [0.2, 0.25) is 5.91 Å². The van der Waals surface area contributed by atoms with Gasteiger partial charge in [0, 0.05) is 6.54 Å². The van der Waals surface area contributed by atoms with Gasteiger partial charge in [0.1, 0.15) is 5.75 Å². The summed E-state index contributed by atoms with van der Waals surface area (Å²) in [5.74, 6) is 0.729. The molecule has 0 saturated carbocycles. The molecule has 1 N–H and O–H groups in total. The Morgan fingerprint density at radius 1 is 1.18 bits per heavy atom. The molecule has 0 aliphatic heterocycles. The third-order valence-corrected chi connectivity index (χ3v) is 3.50. The Morgan fingerprint density at radius 3 is 2.50 bits per heavy atom. The van der Waals surface area contributed by atoms with Crippen molar-refractivity contribution in [3.05, 3.63) is 59.1 Å². The Kier molecular flexibility index (Phi) is 5.81. The number of hydrogen-bond acceptors (Lipinski definition) is 3. The van der Waals surface area contributed by atoms with Gasteiger partial charge in [-0.2, -0.15) is 0 Å². The summed E-state index contributed by atoms with van der Waals surface area (Å²) in [4.78, 5) is 14.0. The molecule has 0 heterocycles. The van der Waals surface area contributed by atoms with E-state index in [9.17, 15) is 4.79 Å². The second kappa shape index (κ2) is 7.82. The van der Waals surface area contributed by atoms with Crippen molar-refractivity contribution in [1.82, 2.24) is 4.90 Å². The van der Waals surface area contributed by atoms with Crippen molar-refractivity contribution in [2.75, 3.05) is 26.0 Å². The molecule has 0 aliphatic rings. The highest BCUT2D eigenvalue weighted by molar-refractivity contribution is 6.33.